The molecule has 134 valence electrons. The van der Waals surface area contributed by atoms with Crippen LogP contribution in [0.1, 0.15) is 44.6 Å². The molecule has 0 saturated heterocycles. The summed E-state index contributed by atoms with van der Waals surface area (Å²) in [5, 5.41) is 11.3. The fourth-order valence-electron chi connectivity index (χ4n) is 2.18. The van der Waals surface area contributed by atoms with Gasteiger partial charge in [-0.1, -0.05) is 25.8 Å². The van der Waals surface area contributed by atoms with E-state index in [2.05, 4.69) is 12.2 Å². The first-order valence-corrected chi connectivity index (χ1v) is 8.35. The molecule has 0 aliphatic carbocycles. The number of aliphatic carboxylic acids is 1. The zero-order valence-corrected chi connectivity index (χ0v) is 14.5. The van der Waals surface area contributed by atoms with Gasteiger partial charge in [-0.2, -0.15) is 0 Å². The molecule has 0 fully saturated rings. The first kappa shape index (κ1) is 19.8. The second kappa shape index (κ2) is 11.3. The van der Waals surface area contributed by atoms with E-state index < -0.39 is 5.97 Å². The summed E-state index contributed by atoms with van der Waals surface area (Å²) >= 11 is 0. The Hall–Kier alpha value is -2.24. The number of rotatable bonds is 12. The highest BCUT2D eigenvalue weighted by Crippen LogP contribution is 2.25. The van der Waals surface area contributed by atoms with Crippen molar-refractivity contribution in [2.75, 3.05) is 20.3 Å². The molecule has 0 aliphatic heterocycles. The summed E-state index contributed by atoms with van der Waals surface area (Å²) in [5.41, 5.74) is 0.992. The molecule has 0 radical (unpaired) electrons. The van der Waals surface area contributed by atoms with Crippen LogP contribution in [0.25, 0.3) is 0 Å². The topological polar surface area (TPSA) is 84.9 Å². The van der Waals surface area contributed by atoms with Crippen LogP contribution in [0.5, 0.6) is 11.5 Å². The lowest BCUT2D eigenvalue weighted by atomic mass is 10.1. The second-order valence-corrected chi connectivity index (χ2v) is 5.52. The molecule has 1 amide bonds. The maximum atomic E-state index is 11.5. The molecule has 0 unspecified atom stereocenters. The van der Waals surface area contributed by atoms with Crippen LogP contribution in [-0.4, -0.2) is 37.2 Å². The third-order valence-electron chi connectivity index (χ3n) is 3.56. The van der Waals surface area contributed by atoms with Gasteiger partial charge < -0.3 is 19.9 Å². The zero-order chi connectivity index (χ0) is 17.8. The third-order valence-corrected chi connectivity index (χ3v) is 3.56. The molecule has 6 heteroatoms. The molecule has 0 heterocycles. The smallest absolute Gasteiger partial charge is 0.303 e. The minimum absolute atomic E-state index is 0.00167. The van der Waals surface area contributed by atoms with E-state index in [9.17, 15) is 9.59 Å². The van der Waals surface area contributed by atoms with Crippen molar-refractivity contribution >= 4 is 11.9 Å². The van der Waals surface area contributed by atoms with Crippen molar-refractivity contribution in [2.24, 2.45) is 0 Å². The lowest BCUT2D eigenvalue weighted by molar-refractivity contribution is -0.138. The zero-order valence-electron chi connectivity index (χ0n) is 14.5. The van der Waals surface area contributed by atoms with E-state index in [1.807, 2.05) is 18.2 Å². The molecule has 1 aromatic rings. The van der Waals surface area contributed by atoms with Gasteiger partial charge in [0.25, 0.3) is 0 Å². The summed E-state index contributed by atoms with van der Waals surface area (Å²) < 4.78 is 11.1. The highest BCUT2D eigenvalue weighted by atomic mass is 16.5. The number of hydrogen-bond donors (Lipinski definition) is 2. The van der Waals surface area contributed by atoms with Gasteiger partial charge in [0, 0.05) is 19.0 Å². The Kier molecular flexibility index (Phi) is 9.34. The van der Waals surface area contributed by atoms with Crippen LogP contribution in [0.3, 0.4) is 0 Å². The van der Waals surface area contributed by atoms with Crippen LogP contribution < -0.4 is 14.8 Å². The molecule has 0 saturated carbocycles. The van der Waals surface area contributed by atoms with Gasteiger partial charge >= 0.3 is 5.97 Å². The fourth-order valence-corrected chi connectivity index (χ4v) is 2.18. The summed E-state index contributed by atoms with van der Waals surface area (Å²) in [6, 6.07) is 5.64. The van der Waals surface area contributed by atoms with Crippen molar-refractivity contribution in [3.63, 3.8) is 0 Å². The average Bonchev–Trinajstić information content (AvgIpc) is 2.57. The number of carboxylic acid groups (broad SMARTS) is 1. The molecule has 0 bridgehead atoms. The number of hydrogen-bond acceptors (Lipinski definition) is 4. The minimum Gasteiger partial charge on any atom is -0.497 e. The summed E-state index contributed by atoms with van der Waals surface area (Å²) in [4.78, 5) is 22.0. The van der Waals surface area contributed by atoms with E-state index in [1.165, 1.54) is 0 Å². The van der Waals surface area contributed by atoms with Crippen molar-refractivity contribution in [3.8, 4) is 11.5 Å². The van der Waals surface area contributed by atoms with Crippen LogP contribution in [0.4, 0.5) is 0 Å². The predicted octanol–water partition coefficient (Wildman–Crippen LogP) is 2.79. The average molecular weight is 337 g/mol. The van der Waals surface area contributed by atoms with Gasteiger partial charge in [-0.15, -0.1) is 0 Å². The van der Waals surface area contributed by atoms with Gasteiger partial charge in [0.05, 0.1) is 20.1 Å². The number of methoxy groups -OCH3 is 1. The Morgan fingerprint density at radius 2 is 2.00 bits per heavy atom. The standard InChI is InChI=1S/C18H27NO5/c1-3-4-5-12-24-16-13-15(23-2)7-6-14(16)10-11-19-17(20)8-9-18(21)22/h6-7,13H,3-5,8-12H2,1-2H3,(H,19,20)(H,21,22). The summed E-state index contributed by atoms with van der Waals surface area (Å²) in [6.45, 7) is 3.24. The Bertz CT molecular complexity index is 530. The van der Waals surface area contributed by atoms with Crippen molar-refractivity contribution in [1.82, 2.24) is 5.32 Å². The van der Waals surface area contributed by atoms with Crippen molar-refractivity contribution < 1.29 is 24.2 Å². The fraction of sp³-hybridized carbons (Fsp3) is 0.556. The number of carbonyl (C=O) groups excluding carboxylic acids is 1. The molecule has 0 aromatic heterocycles. The second-order valence-electron chi connectivity index (χ2n) is 5.52. The number of benzene rings is 1. The van der Waals surface area contributed by atoms with Crippen molar-refractivity contribution in [2.45, 2.75) is 45.4 Å². The number of nitrogens with one attached hydrogen (secondary N) is 1. The first-order chi connectivity index (χ1) is 11.6. The summed E-state index contributed by atoms with van der Waals surface area (Å²) in [6.07, 6.45) is 3.72. The predicted molar refractivity (Wildman–Crippen MR) is 91.6 cm³/mol. The number of amides is 1. The molecule has 0 atom stereocenters. The minimum atomic E-state index is -0.969. The number of carboxylic acids is 1. The van der Waals surface area contributed by atoms with Crippen LogP contribution >= 0.6 is 0 Å². The number of unbranched alkanes of at least 4 members (excludes halogenated alkanes) is 2. The first-order valence-electron chi connectivity index (χ1n) is 8.35. The number of carbonyl (C=O) groups is 2. The van der Waals surface area contributed by atoms with Crippen LogP contribution in [0.2, 0.25) is 0 Å². The van der Waals surface area contributed by atoms with Gasteiger partial charge in [0.15, 0.2) is 0 Å². The van der Waals surface area contributed by atoms with E-state index in [1.54, 1.807) is 7.11 Å². The molecule has 0 aliphatic rings. The lowest BCUT2D eigenvalue weighted by Crippen LogP contribution is -2.26. The quantitative estimate of drug-likeness (QED) is 0.573. The molecule has 24 heavy (non-hydrogen) atoms. The Morgan fingerprint density at radius 1 is 1.21 bits per heavy atom. The highest BCUT2D eigenvalue weighted by molar-refractivity contribution is 5.80. The molecule has 6 nitrogen and oxygen atoms in total. The van der Waals surface area contributed by atoms with E-state index in [4.69, 9.17) is 14.6 Å². The van der Waals surface area contributed by atoms with Crippen molar-refractivity contribution in [1.29, 1.82) is 0 Å². The highest BCUT2D eigenvalue weighted by Gasteiger charge is 2.08. The van der Waals surface area contributed by atoms with Crippen LogP contribution in [0, 0.1) is 0 Å². The monoisotopic (exact) mass is 337 g/mol. The molecular weight excluding hydrogens is 310 g/mol. The maximum Gasteiger partial charge on any atom is 0.303 e. The summed E-state index contributed by atoms with van der Waals surface area (Å²) in [5.74, 6) is 0.277. The van der Waals surface area contributed by atoms with Gasteiger partial charge in [-0.05, 0) is 24.5 Å². The van der Waals surface area contributed by atoms with E-state index in [0.29, 0.717) is 19.6 Å². The van der Waals surface area contributed by atoms with E-state index in [-0.39, 0.29) is 18.7 Å². The normalized spacial score (nSPS) is 10.2. The van der Waals surface area contributed by atoms with Crippen LogP contribution in [0.15, 0.2) is 18.2 Å². The Morgan fingerprint density at radius 3 is 2.67 bits per heavy atom. The van der Waals surface area contributed by atoms with E-state index >= 15 is 0 Å². The number of ether oxygens (including phenoxy) is 2. The Labute approximate surface area is 143 Å². The van der Waals surface area contributed by atoms with E-state index in [0.717, 1.165) is 36.3 Å². The van der Waals surface area contributed by atoms with Crippen molar-refractivity contribution in [3.05, 3.63) is 23.8 Å². The van der Waals surface area contributed by atoms with Gasteiger partial charge in [-0.3, -0.25) is 9.59 Å². The molecular formula is C18H27NO5. The molecule has 1 rings (SSSR count). The Balaban J connectivity index is 2.52. The SMILES string of the molecule is CCCCCOc1cc(OC)ccc1CCNC(=O)CCC(=O)O. The lowest BCUT2D eigenvalue weighted by Gasteiger charge is -2.13. The summed E-state index contributed by atoms with van der Waals surface area (Å²) in [7, 11) is 1.61. The van der Waals surface area contributed by atoms with Crippen LogP contribution in [-0.2, 0) is 16.0 Å². The van der Waals surface area contributed by atoms with Gasteiger partial charge in [-0.25, -0.2) is 0 Å². The maximum absolute atomic E-state index is 11.5. The molecule has 1 aromatic carbocycles. The molecule has 2 N–H and O–H groups in total. The van der Waals surface area contributed by atoms with Gasteiger partial charge in [0.1, 0.15) is 11.5 Å². The molecule has 0 spiro atoms. The third kappa shape index (κ3) is 7.85. The largest absolute Gasteiger partial charge is 0.497 e. The van der Waals surface area contributed by atoms with Gasteiger partial charge in [0.2, 0.25) is 5.91 Å².